The summed E-state index contributed by atoms with van der Waals surface area (Å²) in [4.78, 5) is 4.59. The lowest BCUT2D eigenvalue weighted by atomic mass is 10.2. The van der Waals surface area contributed by atoms with Gasteiger partial charge in [0.15, 0.2) is 0 Å². The molecule has 4 nitrogen and oxygen atoms in total. The number of aromatic nitrogens is 1. The highest BCUT2D eigenvalue weighted by atomic mass is 32.2. The van der Waals surface area contributed by atoms with Crippen LogP contribution in [0.15, 0.2) is 41.4 Å². The Kier molecular flexibility index (Phi) is 3.72. The van der Waals surface area contributed by atoms with Crippen LogP contribution in [0.1, 0.15) is 25.7 Å². The van der Waals surface area contributed by atoms with E-state index < -0.39 is 10.0 Å². The topological polar surface area (TPSA) is 50.3 Å². The van der Waals surface area contributed by atoms with Crippen molar-refractivity contribution in [3.05, 3.63) is 36.5 Å². The Morgan fingerprint density at radius 3 is 2.40 bits per heavy atom. The third-order valence-electron chi connectivity index (χ3n) is 3.78. The van der Waals surface area contributed by atoms with Crippen LogP contribution in [0.4, 0.5) is 0 Å². The molecule has 2 aromatic rings. The third kappa shape index (κ3) is 2.43. The molecule has 1 aromatic carbocycles. The van der Waals surface area contributed by atoms with Gasteiger partial charge in [-0.25, -0.2) is 8.42 Å². The van der Waals surface area contributed by atoms with Gasteiger partial charge in [0.25, 0.3) is 0 Å². The first kappa shape index (κ1) is 13.5. The number of sulfonamides is 1. The van der Waals surface area contributed by atoms with Crippen molar-refractivity contribution in [3.8, 4) is 0 Å². The minimum absolute atomic E-state index is 0.331. The van der Waals surface area contributed by atoms with Gasteiger partial charge in [0.1, 0.15) is 4.90 Å². The van der Waals surface area contributed by atoms with E-state index in [4.69, 9.17) is 0 Å². The molecular weight excluding hydrogens is 272 g/mol. The molecule has 106 valence electrons. The summed E-state index contributed by atoms with van der Waals surface area (Å²) in [6.45, 7) is 1.23. The zero-order chi connectivity index (χ0) is 14.0. The first-order valence-corrected chi connectivity index (χ1v) is 8.47. The fourth-order valence-electron chi connectivity index (χ4n) is 2.71. The largest absolute Gasteiger partial charge is 0.255 e. The highest BCUT2D eigenvalue weighted by Gasteiger charge is 2.27. The Hall–Kier alpha value is -1.46. The monoisotopic (exact) mass is 290 g/mol. The first-order valence-electron chi connectivity index (χ1n) is 7.03. The second-order valence-electron chi connectivity index (χ2n) is 5.15. The van der Waals surface area contributed by atoms with Crippen molar-refractivity contribution in [1.82, 2.24) is 9.29 Å². The molecule has 1 aliphatic heterocycles. The van der Waals surface area contributed by atoms with Gasteiger partial charge in [-0.15, -0.1) is 0 Å². The van der Waals surface area contributed by atoms with Crippen molar-refractivity contribution in [2.75, 3.05) is 13.1 Å². The minimum atomic E-state index is -3.44. The molecule has 0 bridgehead atoms. The fourth-order valence-corrected chi connectivity index (χ4v) is 4.39. The summed E-state index contributed by atoms with van der Waals surface area (Å²) in [5, 5.41) is 0.864. The molecule has 0 amide bonds. The van der Waals surface area contributed by atoms with Crippen LogP contribution in [0.25, 0.3) is 10.9 Å². The third-order valence-corrected chi connectivity index (χ3v) is 5.71. The highest BCUT2D eigenvalue weighted by molar-refractivity contribution is 7.89. The maximum Gasteiger partial charge on any atom is 0.245 e. The highest BCUT2D eigenvalue weighted by Crippen LogP contribution is 2.25. The predicted molar refractivity (Wildman–Crippen MR) is 79.0 cm³/mol. The average Bonchev–Trinajstić information content (AvgIpc) is 2.76. The number of nitrogens with zero attached hydrogens (tertiary/aromatic N) is 2. The molecule has 20 heavy (non-hydrogen) atoms. The van der Waals surface area contributed by atoms with Gasteiger partial charge < -0.3 is 0 Å². The number of benzene rings is 1. The Labute approximate surface area is 119 Å². The Morgan fingerprint density at radius 2 is 1.65 bits per heavy atom. The Bertz CT molecular complexity index is 699. The van der Waals surface area contributed by atoms with Gasteiger partial charge in [0.2, 0.25) is 10.0 Å². The summed E-state index contributed by atoms with van der Waals surface area (Å²) in [5.74, 6) is 0. The second-order valence-corrected chi connectivity index (χ2v) is 7.06. The minimum Gasteiger partial charge on any atom is -0.255 e. The zero-order valence-corrected chi connectivity index (χ0v) is 12.1. The number of hydrogen-bond acceptors (Lipinski definition) is 3. The summed E-state index contributed by atoms with van der Waals surface area (Å²) < 4.78 is 27.3. The summed E-state index contributed by atoms with van der Waals surface area (Å²) >= 11 is 0. The van der Waals surface area contributed by atoms with Crippen molar-refractivity contribution in [3.63, 3.8) is 0 Å². The lowest BCUT2D eigenvalue weighted by Crippen LogP contribution is -2.32. The molecule has 1 fully saturated rings. The summed E-state index contributed by atoms with van der Waals surface area (Å²) in [6, 6.07) is 9.06. The smallest absolute Gasteiger partial charge is 0.245 e. The molecule has 0 N–H and O–H groups in total. The van der Waals surface area contributed by atoms with E-state index in [1.54, 1.807) is 22.6 Å². The van der Waals surface area contributed by atoms with E-state index in [1.165, 1.54) is 0 Å². The van der Waals surface area contributed by atoms with E-state index in [9.17, 15) is 8.42 Å². The Morgan fingerprint density at radius 1 is 0.950 bits per heavy atom. The molecule has 1 aromatic heterocycles. The Balaban J connectivity index is 2.09. The molecule has 0 aliphatic carbocycles. The summed E-state index contributed by atoms with van der Waals surface area (Å²) in [7, 11) is -3.44. The van der Waals surface area contributed by atoms with Crippen LogP contribution in [0.5, 0.6) is 0 Å². The van der Waals surface area contributed by atoms with Gasteiger partial charge in [-0.2, -0.15) is 4.31 Å². The maximum absolute atomic E-state index is 12.8. The summed E-state index contributed by atoms with van der Waals surface area (Å²) in [5.41, 5.74) is 0.569. The molecule has 0 spiro atoms. The van der Waals surface area contributed by atoms with Gasteiger partial charge >= 0.3 is 0 Å². The van der Waals surface area contributed by atoms with Crippen LogP contribution in [0.3, 0.4) is 0 Å². The van der Waals surface area contributed by atoms with Crippen LogP contribution in [0.2, 0.25) is 0 Å². The van der Waals surface area contributed by atoms with Gasteiger partial charge in [0.05, 0.1) is 5.52 Å². The van der Waals surface area contributed by atoms with Crippen molar-refractivity contribution >= 4 is 20.9 Å². The van der Waals surface area contributed by atoms with Gasteiger partial charge in [-0.05, 0) is 25.0 Å². The molecule has 5 heteroatoms. The first-order chi connectivity index (χ1) is 9.69. The molecule has 0 atom stereocenters. The molecule has 0 unspecified atom stereocenters. The van der Waals surface area contributed by atoms with Crippen LogP contribution < -0.4 is 0 Å². The zero-order valence-electron chi connectivity index (χ0n) is 11.3. The molecule has 0 radical (unpaired) electrons. The van der Waals surface area contributed by atoms with E-state index in [-0.39, 0.29) is 0 Å². The molecule has 0 saturated carbocycles. The number of hydrogen-bond donors (Lipinski definition) is 0. The van der Waals surface area contributed by atoms with E-state index in [1.807, 2.05) is 18.2 Å². The van der Waals surface area contributed by atoms with Crippen LogP contribution in [0, 0.1) is 0 Å². The number of pyridine rings is 1. The maximum atomic E-state index is 12.8. The molecule has 2 heterocycles. The van der Waals surface area contributed by atoms with Crippen molar-refractivity contribution in [2.45, 2.75) is 30.6 Å². The molecule has 1 saturated heterocycles. The average molecular weight is 290 g/mol. The van der Waals surface area contributed by atoms with E-state index >= 15 is 0 Å². The van der Waals surface area contributed by atoms with Crippen LogP contribution in [-0.2, 0) is 10.0 Å². The fraction of sp³-hybridized carbons (Fsp3) is 0.400. The standard InChI is InChI=1S/C15H18N2O2S/c18-20(19,17-11-3-1-2-4-12-17)14-9-5-7-13-8-6-10-16-15(13)14/h5-10H,1-4,11-12H2. The van der Waals surface area contributed by atoms with Gasteiger partial charge in [0, 0.05) is 24.7 Å². The van der Waals surface area contributed by atoms with Crippen LogP contribution >= 0.6 is 0 Å². The summed E-state index contributed by atoms with van der Waals surface area (Å²) in [6.07, 6.45) is 5.75. The number of rotatable bonds is 2. The number of para-hydroxylation sites is 1. The lowest BCUT2D eigenvalue weighted by Gasteiger charge is -2.20. The van der Waals surface area contributed by atoms with E-state index in [0.717, 1.165) is 31.1 Å². The van der Waals surface area contributed by atoms with Crippen LogP contribution in [-0.4, -0.2) is 30.8 Å². The number of fused-ring (bicyclic) bond motifs is 1. The normalized spacial score (nSPS) is 18.0. The van der Waals surface area contributed by atoms with Gasteiger partial charge in [-0.3, -0.25) is 4.98 Å². The van der Waals surface area contributed by atoms with Crippen molar-refractivity contribution in [2.24, 2.45) is 0 Å². The molecular formula is C15H18N2O2S. The van der Waals surface area contributed by atoms with E-state index in [2.05, 4.69) is 4.98 Å². The lowest BCUT2D eigenvalue weighted by molar-refractivity contribution is 0.424. The molecule has 1 aliphatic rings. The van der Waals surface area contributed by atoms with Crippen molar-refractivity contribution < 1.29 is 8.42 Å². The van der Waals surface area contributed by atoms with E-state index in [0.29, 0.717) is 23.5 Å². The SMILES string of the molecule is O=S(=O)(c1cccc2cccnc12)N1CCCCCC1. The van der Waals surface area contributed by atoms with Gasteiger partial charge in [-0.1, -0.05) is 31.0 Å². The molecule has 3 rings (SSSR count). The quantitative estimate of drug-likeness (QED) is 0.854. The predicted octanol–water partition coefficient (Wildman–Crippen LogP) is 2.80. The second kappa shape index (κ2) is 5.50. The van der Waals surface area contributed by atoms with Crippen molar-refractivity contribution in [1.29, 1.82) is 0 Å².